The lowest BCUT2D eigenvalue weighted by Gasteiger charge is -2.33. The Bertz CT molecular complexity index is 672. The fourth-order valence-corrected chi connectivity index (χ4v) is 4.64. The lowest BCUT2D eigenvalue weighted by atomic mass is 9.97. The summed E-state index contributed by atoms with van der Waals surface area (Å²) in [5.41, 5.74) is 0.895. The van der Waals surface area contributed by atoms with Crippen LogP contribution >= 0.6 is 36.2 Å². The van der Waals surface area contributed by atoms with Crippen molar-refractivity contribution >= 4 is 48.0 Å². The molecule has 0 aromatic carbocycles. The summed E-state index contributed by atoms with van der Waals surface area (Å²) >= 11 is 1.63. The first-order chi connectivity index (χ1) is 12.8. The van der Waals surface area contributed by atoms with Gasteiger partial charge in [0.15, 0.2) is 0 Å². The Hall–Kier alpha value is -0.890. The Morgan fingerprint density at radius 1 is 1.28 bits per heavy atom. The molecule has 2 unspecified atom stereocenters. The van der Waals surface area contributed by atoms with Crippen LogP contribution in [0.15, 0.2) is 5.38 Å². The van der Waals surface area contributed by atoms with Gasteiger partial charge in [-0.15, -0.1) is 36.2 Å². The Morgan fingerprint density at radius 2 is 2.03 bits per heavy atom. The highest BCUT2D eigenvalue weighted by molar-refractivity contribution is 7.09. The van der Waals surface area contributed by atoms with Crippen LogP contribution in [0.25, 0.3) is 0 Å². The van der Waals surface area contributed by atoms with Crippen LogP contribution in [0.1, 0.15) is 57.2 Å². The minimum Gasteiger partial charge on any atom is -0.354 e. The van der Waals surface area contributed by atoms with Crippen molar-refractivity contribution in [3.05, 3.63) is 16.1 Å². The molecule has 2 aliphatic heterocycles. The number of nitrogens with zero attached hydrogens (tertiary/aromatic N) is 2. The average Bonchev–Trinajstić information content (AvgIpc) is 3.31. The number of carbonyl (C=O) groups excluding carboxylic acids is 2. The number of likely N-dealkylation sites (tertiary alicyclic amines) is 1. The van der Waals surface area contributed by atoms with Gasteiger partial charge in [0.25, 0.3) is 0 Å². The molecule has 0 bridgehead atoms. The Kier molecular flexibility index (Phi) is 10.4. The van der Waals surface area contributed by atoms with E-state index in [1.54, 1.807) is 11.3 Å². The number of nitrogens with one attached hydrogen (secondary N) is 2. The van der Waals surface area contributed by atoms with Gasteiger partial charge in [0.1, 0.15) is 0 Å². The van der Waals surface area contributed by atoms with E-state index >= 15 is 0 Å². The van der Waals surface area contributed by atoms with Crippen LogP contribution in [-0.2, 0) is 21.4 Å². The van der Waals surface area contributed by atoms with E-state index in [-0.39, 0.29) is 48.1 Å². The van der Waals surface area contributed by atoms with Crippen LogP contribution in [-0.4, -0.2) is 53.9 Å². The first kappa shape index (κ1) is 26.1. The van der Waals surface area contributed by atoms with Gasteiger partial charge in [0.2, 0.25) is 11.8 Å². The third kappa shape index (κ3) is 7.39. The zero-order valence-electron chi connectivity index (χ0n) is 17.5. The van der Waals surface area contributed by atoms with Crippen molar-refractivity contribution < 1.29 is 9.59 Å². The SMILES string of the molecule is CC(C)(C)c1nc(CC(=O)N2CCCC(CNC(=O)C3CCCN3)C2)cs1.Cl.Cl. The molecule has 9 heteroatoms. The molecule has 0 radical (unpaired) electrons. The Balaban J connectivity index is 0.00000210. The summed E-state index contributed by atoms with van der Waals surface area (Å²) in [7, 11) is 0. The highest BCUT2D eigenvalue weighted by Crippen LogP contribution is 2.26. The van der Waals surface area contributed by atoms with Gasteiger partial charge in [0.05, 0.1) is 23.2 Å². The topological polar surface area (TPSA) is 74.3 Å². The maximum atomic E-state index is 12.7. The van der Waals surface area contributed by atoms with Gasteiger partial charge in [-0.1, -0.05) is 20.8 Å². The molecule has 1 aromatic rings. The molecule has 3 heterocycles. The van der Waals surface area contributed by atoms with Crippen molar-refractivity contribution in [1.82, 2.24) is 20.5 Å². The molecule has 2 N–H and O–H groups in total. The van der Waals surface area contributed by atoms with Gasteiger partial charge < -0.3 is 15.5 Å². The van der Waals surface area contributed by atoms with Crippen molar-refractivity contribution in [2.45, 2.75) is 64.3 Å². The van der Waals surface area contributed by atoms with Gasteiger partial charge in [-0.2, -0.15) is 0 Å². The zero-order chi connectivity index (χ0) is 19.4. The second-order valence-electron chi connectivity index (χ2n) is 8.81. The normalized spacial score (nSPS) is 21.8. The number of halogens is 2. The number of thiazole rings is 1. The lowest BCUT2D eigenvalue weighted by molar-refractivity contribution is -0.132. The molecule has 0 spiro atoms. The number of rotatable bonds is 5. The van der Waals surface area contributed by atoms with E-state index < -0.39 is 0 Å². The van der Waals surface area contributed by atoms with E-state index in [0.29, 0.717) is 18.9 Å². The summed E-state index contributed by atoms with van der Waals surface area (Å²) in [4.78, 5) is 31.5. The van der Waals surface area contributed by atoms with Crippen molar-refractivity contribution in [2.24, 2.45) is 5.92 Å². The predicted molar refractivity (Wildman–Crippen MR) is 122 cm³/mol. The number of amides is 2. The minimum atomic E-state index is -0.0343. The first-order valence-corrected chi connectivity index (χ1v) is 10.9. The van der Waals surface area contributed by atoms with Crippen LogP contribution in [0, 0.1) is 5.92 Å². The molecule has 29 heavy (non-hydrogen) atoms. The average molecular weight is 465 g/mol. The number of carbonyl (C=O) groups is 2. The smallest absolute Gasteiger partial charge is 0.237 e. The van der Waals surface area contributed by atoms with Crippen LogP contribution < -0.4 is 10.6 Å². The molecular weight excluding hydrogens is 431 g/mol. The molecule has 3 rings (SSSR count). The molecule has 2 amide bonds. The van der Waals surface area contributed by atoms with Crippen molar-refractivity contribution in [1.29, 1.82) is 0 Å². The summed E-state index contributed by atoms with van der Waals surface area (Å²) in [5.74, 6) is 0.594. The molecule has 2 saturated heterocycles. The molecule has 166 valence electrons. The minimum absolute atomic E-state index is 0. The van der Waals surface area contributed by atoms with E-state index in [9.17, 15) is 9.59 Å². The van der Waals surface area contributed by atoms with Crippen LogP contribution in [0.4, 0.5) is 0 Å². The second kappa shape index (κ2) is 11.5. The van der Waals surface area contributed by atoms with E-state index in [4.69, 9.17) is 0 Å². The standard InChI is InChI=1S/C20H32N4O2S.2ClH/c1-20(2,3)19-23-15(13-27-19)10-17(25)24-9-5-6-14(12-24)11-22-18(26)16-7-4-8-21-16;;/h13-14,16,21H,4-12H2,1-3H3,(H,22,26);2*1H. The van der Waals surface area contributed by atoms with Gasteiger partial charge in [-0.3, -0.25) is 9.59 Å². The maximum Gasteiger partial charge on any atom is 0.237 e. The van der Waals surface area contributed by atoms with Crippen LogP contribution in [0.2, 0.25) is 0 Å². The zero-order valence-corrected chi connectivity index (χ0v) is 20.0. The summed E-state index contributed by atoms with van der Waals surface area (Å²) in [6, 6.07) is -0.0343. The van der Waals surface area contributed by atoms with Crippen molar-refractivity contribution in [3.63, 3.8) is 0 Å². The molecule has 6 nitrogen and oxygen atoms in total. The van der Waals surface area contributed by atoms with Gasteiger partial charge >= 0.3 is 0 Å². The van der Waals surface area contributed by atoms with Gasteiger partial charge in [-0.25, -0.2) is 4.98 Å². The summed E-state index contributed by atoms with van der Waals surface area (Å²) in [6.45, 7) is 9.55. The Morgan fingerprint density at radius 3 is 2.66 bits per heavy atom. The summed E-state index contributed by atoms with van der Waals surface area (Å²) < 4.78 is 0. The third-order valence-electron chi connectivity index (χ3n) is 5.34. The summed E-state index contributed by atoms with van der Waals surface area (Å²) in [6.07, 6.45) is 4.42. The molecule has 1 aromatic heterocycles. The van der Waals surface area contributed by atoms with E-state index in [1.807, 2.05) is 10.3 Å². The highest BCUT2D eigenvalue weighted by Gasteiger charge is 2.27. The van der Waals surface area contributed by atoms with E-state index in [1.165, 1.54) is 0 Å². The predicted octanol–water partition coefficient (Wildman–Crippen LogP) is 2.93. The van der Waals surface area contributed by atoms with E-state index in [0.717, 1.165) is 56.0 Å². The number of hydrogen-bond donors (Lipinski definition) is 2. The van der Waals surface area contributed by atoms with E-state index in [2.05, 4.69) is 36.4 Å². The fourth-order valence-electron chi connectivity index (χ4n) is 3.73. The van der Waals surface area contributed by atoms with Crippen molar-refractivity contribution in [3.8, 4) is 0 Å². The molecule has 2 aliphatic rings. The largest absolute Gasteiger partial charge is 0.354 e. The van der Waals surface area contributed by atoms with Gasteiger partial charge in [-0.05, 0) is 38.1 Å². The molecular formula is C20H34Cl2N4O2S. The quantitative estimate of drug-likeness (QED) is 0.702. The third-order valence-corrected chi connectivity index (χ3v) is 6.66. The number of aromatic nitrogens is 1. The molecule has 2 fully saturated rings. The fraction of sp³-hybridized carbons (Fsp3) is 0.750. The van der Waals surface area contributed by atoms with Gasteiger partial charge in [0, 0.05) is 30.4 Å². The molecule has 2 atom stereocenters. The lowest BCUT2D eigenvalue weighted by Crippen LogP contribution is -2.47. The van der Waals surface area contributed by atoms with Crippen molar-refractivity contribution in [2.75, 3.05) is 26.2 Å². The maximum absolute atomic E-state index is 12.7. The number of piperidine rings is 1. The molecule has 0 aliphatic carbocycles. The van der Waals surface area contributed by atoms with Crippen LogP contribution in [0.5, 0.6) is 0 Å². The van der Waals surface area contributed by atoms with Crippen LogP contribution in [0.3, 0.4) is 0 Å². The highest BCUT2D eigenvalue weighted by atomic mass is 35.5. The number of hydrogen-bond acceptors (Lipinski definition) is 5. The second-order valence-corrected chi connectivity index (χ2v) is 9.67. The monoisotopic (exact) mass is 464 g/mol. The Labute approximate surface area is 190 Å². The molecule has 0 saturated carbocycles. The summed E-state index contributed by atoms with van der Waals surface area (Å²) in [5, 5.41) is 9.38. The first-order valence-electron chi connectivity index (χ1n) is 10.1.